The number of H-pyrrole nitrogens is 2. The highest BCUT2D eigenvalue weighted by atomic mass is 35.5. The van der Waals surface area contributed by atoms with Crippen LogP contribution in [0.25, 0.3) is 44.3 Å². The van der Waals surface area contributed by atoms with E-state index >= 15 is 0 Å². The average molecular weight is 477 g/mol. The van der Waals surface area contributed by atoms with Crippen molar-refractivity contribution in [3.05, 3.63) is 117 Å². The van der Waals surface area contributed by atoms with Crippen molar-refractivity contribution in [2.45, 2.75) is 13.3 Å². The third-order valence-corrected chi connectivity index (χ3v) is 6.58. The van der Waals surface area contributed by atoms with Crippen molar-refractivity contribution in [1.82, 2.24) is 20.2 Å². The van der Waals surface area contributed by atoms with Gasteiger partial charge in [0.2, 0.25) is 0 Å². The van der Waals surface area contributed by atoms with Gasteiger partial charge in [-0.2, -0.15) is 5.10 Å². The van der Waals surface area contributed by atoms with Crippen LogP contribution in [0.2, 0.25) is 5.02 Å². The molecule has 0 aliphatic heterocycles. The zero-order valence-electron chi connectivity index (χ0n) is 19.0. The smallest absolute Gasteiger partial charge is 0.253 e. The molecular weight excluding hydrogens is 456 g/mol. The second-order valence-corrected chi connectivity index (χ2v) is 9.17. The van der Waals surface area contributed by atoms with E-state index in [4.69, 9.17) is 16.6 Å². The molecule has 170 valence electrons. The quantitative estimate of drug-likeness (QED) is 0.298. The lowest BCUT2D eigenvalue weighted by Crippen LogP contribution is -2.13. The van der Waals surface area contributed by atoms with Gasteiger partial charge in [0.25, 0.3) is 5.56 Å². The molecule has 6 rings (SSSR count). The number of hydrogen-bond acceptors (Lipinski definition) is 3. The van der Waals surface area contributed by atoms with Gasteiger partial charge in [-0.05, 0) is 42.3 Å². The van der Waals surface area contributed by atoms with Gasteiger partial charge in [0.1, 0.15) is 5.65 Å². The monoisotopic (exact) mass is 476 g/mol. The van der Waals surface area contributed by atoms with E-state index in [-0.39, 0.29) is 5.56 Å². The summed E-state index contributed by atoms with van der Waals surface area (Å²) < 4.78 is 0. The number of halogens is 1. The number of aryl methyl sites for hydroxylation is 1. The number of hydrogen-bond donors (Lipinski definition) is 2. The van der Waals surface area contributed by atoms with E-state index in [9.17, 15) is 4.79 Å². The van der Waals surface area contributed by atoms with Crippen molar-refractivity contribution in [1.29, 1.82) is 0 Å². The largest absolute Gasteiger partial charge is 0.306 e. The molecule has 0 amide bonds. The minimum absolute atomic E-state index is 0.125. The van der Waals surface area contributed by atoms with Gasteiger partial charge in [0, 0.05) is 33.9 Å². The summed E-state index contributed by atoms with van der Waals surface area (Å²) in [5.41, 5.74) is 7.81. The molecule has 0 bridgehead atoms. The third-order valence-electron chi connectivity index (χ3n) is 6.28. The third kappa shape index (κ3) is 4.00. The fraction of sp³-hybridized carbons (Fsp3) is 0.0690. The summed E-state index contributed by atoms with van der Waals surface area (Å²) in [7, 11) is 0. The van der Waals surface area contributed by atoms with Crippen molar-refractivity contribution in [3.8, 4) is 22.4 Å². The first kappa shape index (κ1) is 21.3. The molecule has 6 aromatic rings. The number of benzene rings is 3. The maximum atomic E-state index is 12.9. The Bertz CT molecular complexity index is 1750. The number of rotatable bonds is 4. The molecule has 3 heterocycles. The Balaban J connectivity index is 1.56. The molecule has 35 heavy (non-hydrogen) atoms. The molecular formula is C29H21ClN4O. The molecule has 0 radical (unpaired) electrons. The predicted octanol–water partition coefficient (Wildman–Crippen LogP) is 6.69. The van der Waals surface area contributed by atoms with Gasteiger partial charge in [-0.3, -0.25) is 9.89 Å². The lowest BCUT2D eigenvalue weighted by atomic mass is 9.96. The molecule has 0 unspecified atom stereocenters. The van der Waals surface area contributed by atoms with Gasteiger partial charge in [0.15, 0.2) is 0 Å². The number of aromatic nitrogens is 4. The summed E-state index contributed by atoms with van der Waals surface area (Å²) in [5, 5.41) is 9.46. The van der Waals surface area contributed by atoms with Crippen LogP contribution in [0, 0.1) is 6.92 Å². The summed E-state index contributed by atoms with van der Waals surface area (Å²) >= 11 is 6.58. The Morgan fingerprint density at radius 2 is 1.69 bits per heavy atom. The molecule has 3 aromatic heterocycles. The minimum atomic E-state index is -0.125. The van der Waals surface area contributed by atoms with Gasteiger partial charge in [-0.25, -0.2) is 4.98 Å². The van der Waals surface area contributed by atoms with Crippen molar-refractivity contribution in [2.24, 2.45) is 0 Å². The summed E-state index contributed by atoms with van der Waals surface area (Å²) in [6, 6.07) is 26.2. The second-order valence-electron chi connectivity index (χ2n) is 8.77. The molecule has 0 saturated carbocycles. The van der Waals surface area contributed by atoms with Crippen LogP contribution in [0.1, 0.15) is 16.7 Å². The normalized spacial score (nSPS) is 11.4. The van der Waals surface area contributed by atoms with Gasteiger partial charge >= 0.3 is 0 Å². The van der Waals surface area contributed by atoms with E-state index in [2.05, 4.69) is 58.5 Å². The number of nitrogens with one attached hydrogen (secondary N) is 2. The molecule has 0 spiro atoms. The summed E-state index contributed by atoms with van der Waals surface area (Å²) in [6.07, 6.45) is 2.31. The number of pyridine rings is 2. The van der Waals surface area contributed by atoms with Crippen LogP contribution in [0.3, 0.4) is 0 Å². The van der Waals surface area contributed by atoms with Gasteiger partial charge in [0.05, 0.1) is 22.4 Å². The first-order valence-electron chi connectivity index (χ1n) is 11.4. The first-order chi connectivity index (χ1) is 17.0. The molecule has 0 aliphatic rings. The average Bonchev–Trinajstić information content (AvgIpc) is 3.35. The van der Waals surface area contributed by atoms with E-state index in [1.54, 1.807) is 6.20 Å². The fourth-order valence-electron chi connectivity index (χ4n) is 4.44. The van der Waals surface area contributed by atoms with Crippen molar-refractivity contribution in [2.75, 3.05) is 0 Å². The number of nitrogens with zero attached hydrogens (tertiary/aromatic N) is 2. The Morgan fingerprint density at radius 1 is 0.886 bits per heavy atom. The second kappa shape index (κ2) is 8.53. The Kier molecular flexibility index (Phi) is 5.20. The topological polar surface area (TPSA) is 74.4 Å². The minimum Gasteiger partial charge on any atom is -0.306 e. The van der Waals surface area contributed by atoms with Crippen LogP contribution in [0.15, 0.2) is 89.9 Å². The van der Waals surface area contributed by atoms with Crippen molar-refractivity contribution in [3.63, 3.8) is 0 Å². The summed E-state index contributed by atoms with van der Waals surface area (Å²) in [6.45, 7) is 2.05. The maximum absolute atomic E-state index is 12.9. The Hall–Kier alpha value is -4.22. The van der Waals surface area contributed by atoms with E-state index in [0.29, 0.717) is 22.7 Å². The highest BCUT2D eigenvalue weighted by Gasteiger charge is 2.15. The van der Waals surface area contributed by atoms with E-state index in [0.717, 1.165) is 44.2 Å². The molecule has 0 atom stereocenters. The van der Waals surface area contributed by atoms with Crippen molar-refractivity contribution < 1.29 is 0 Å². The zero-order valence-corrected chi connectivity index (χ0v) is 19.7. The lowest BCUT2D eigenvalue weighted by Gasteiger charge is -2.13. The first-order valence-corrected chi connectivity index (χ1v) is 11.7. The van der Waals surface area contributed by atoms with Crippen LogP contribution in [0.5, 0.6) is 0 Å². The SMILES string of the molecule is Cc1ccc(Cc2cc3cc(-c4cc(Cl)c5[nH]ncc5c4)c(-c4ccccc4)nc3[nH]c2=O)cc1. The van der Waals surface area contributed by atoms with Crippen LogP contribution in [0.4, 0.5) is 0 Å². The van der Waals surface area contributed by atoms with Gasteiger partial charge in [-0.15, -0.1) is 0 Å². The fourth-order valence-corrected chi connectivity index (χ4v) is 4.71. The van der Waals surface area contributed by atoms with Crippen LogP contribution < -0.4 is 5.56 Å². The van der Waals surface area contributed by atoms with E-state index in [1.165, 1.54) is 5.56 Å². The maximum Gasteiger partial charge on any atom is 0.253 e. The van der Waals surface area contributed by atoms with E-state index in [1.807, 2.05) is 42.5 Å². The van der Waals surface area contributed by atoms with Gasteiger partial charge < -0.3 is 4.98 Å². The van der Waals surface area contributed by atoms with Gasteiger partial charge in [-0.1, -0.05) is 71.8 Å². The van der Waals surface area contributed by atoms with E-state index < -0.39 is 0 Å². The van der Waals surface area contributed by atoms with Crippen LogP contribution in [-0.2, 0) is 6.42 Å². The lowest BCUT2D eigenvalue weighted by molar-refractivity contribution is 1.10. The van der Waals surface area contributed by atoms with Crippen LogP contribution >= 0.6 is 11.6 Å². The molecule has 3 aromatic carbocycles. The highest BCUT2D eigenvalue weighted by molar-refractivity contribution is 6.35. The molecule has 0 aliphatic carbocycles. The summed E-state index contributed by atoms with van der Waals surface area (Å²) in [5.74, 6) is 0. The predicted molar refractivity (Wildman–Crippen MR) is 142 cm³/mol. The number of aromatic amines is 2. The van der Waals surface area contributed by atoms with Crippen molar-refractivity contribution >= 4 is 33.5 Å². The molecule has 2 N–H and O–H groups in total. The summed E-state index contributed by atoms with van der Waals surface area (Å²) in [4.78, 5) is 20.9. The highest BCUT2D eigenvalue weighted by Crippen LogP contribution is 2.36. The Morgan fingerprint density at radius 3 is 2.49 bits per heavy atom. The number of fused-ring (bicyclic) bond motifs is 2. The molecule has 5 nitrogen and oxygen atoms in total. The zero-order chi connectivity index (χ0) is 23.9. The Labute approximate surface area is 206 Å². The molecule has 0 fully saturated rings. The molecule has 0 saturated heterocycles. The molecule has 6 heteroatoms. The van der Waals surface area contributed by atoms with Crippen LogP contribution in [-0.4, -0.2) is 20.2 Å². The standard InChI is InChI=1S/C29H21ClN4O/c1-17-7-9-18(10-8-17)11-22-13-21-14-24(20-12-23-16-31-34-27(23)25(30)15-20)26(19-5-3-2-4-6-19)32-28(21)33-29(22)35/h2-10,12-16H,11H2,1H3,(H,31,34)(H,32,33,35).